The van der Waals surface area contributed by atoms with E-state index in [9.17, 15) is 0 Å². The summed E-state index contributed by atoms with van der Waals surface area (Å²) in [6.07, 6.45) is 0.500. The van der Waals surface area contributed by atoms with Gasteiger partial charge in [0.25, 0.3) is 0 Å². The molecule has 2 heterocycles. The molecule has 0 saturated carbocycles. The highest BCUT2D eigenvalue weighted by molar-refractivity contribution is 7.80. The van der Waals surface area contributed by atoms with Crippen molar-refractivity contribution in [3.8, 4) is 39.5 Å². The number of hydrogen-bond donors (Lipinski definition) is 4. The predicted molar refractivity (Wildman–Crippen MR) is 185 cm³/mol. The maximum absolute atomic E-state index is 6.46. The van der Waals surface area contributed by atoms with Gasteiger partial charge in [0.15, 0.2) is 16.8 Å². The molecular formula is C35H30N8OS. The number of aromatic nitrogens is 4. The molecule has 6 aromatic rings. The van der Waals surface area contributed by atoms with Crippen molar-refractivity contribution in [2.75, 3.05) is 29.2 Å². The van der Waals surface area contributed by atoms with Gasteiger partial charge in [0.2, 0.25) is 0 Å². The van der Waals surface area contributed by atoms with E-state index < -0.39 is 0 Å². The molecular weight excluding hydrogens is 581 g/mol. The van der Waals surface area contributed by atoms with E-state index >= 15 is 0 Å². The molecule has 0 amide bonds. The van der Waals surface area contributed by atoms with Crippen LogP contribution >= 0.6 is 12.2 Å². The number of anilines is 4. The van der Waals surface area contributed by atoms with E-state index in [1.54, 1.807) is 7.11 Å². The van der Waals surface area contributed by atoms with Gasteiger partial charge in [0, 0.05) is 34.4 Å². The van der Waals surface area contributed by atoms with Crippen molar-refractivity contribution in [3.05, 3.63) is 126 Å². The van der Waals surface area contributed by atoms with Crippen LogP contribution in [0.2, 0.25) is 0 Å². The Morgan fingerprint density at radius 1 is 0.689 bits per heavy atom. The van der Waals surface area contributed by atoms with E-state index in [2.05, 4.69) is 30.8 Å². The highest BCUT2D eigenvalue weighted by Gasteiger charge is 2.17. The Morgan fingerprint density at radius 2 is 1.33 bits per heavy atom. The number of nitrogens with two attached hydrogens (primary N) is 2. The van der Waals surface area contributed by atoms with Crippen LogP contribution in [0.1, 0.15) is 11.1 Å². The summed E-state index contributed by atoms with van der Waals surface area (Å²) in [6.45, 7) is 0. The Kier molecular flexibility index (Phi) is 8.56. The number of thiocarbonyl (C=S) groups is 1. The fraction of sp³-hybridized carbons (Fsp3) is 0.0571. The lowest BCUT2D eigenvalue weighted by atomic mass is 9.97. The van der Waals surface area contributed by atoms with Crippen LogP contribution in [0.15, 0.2) is 115 Å². The van der Waals surface area contributed by atoms with Crippen molar-refractivity contribution < 1.29 is 4.74 Å². The summed E-state index contributed by atoms with van der Waals surface area (Å²) in [4.78, 5) is 9.37. The minimum absolute atomic E-state index is 0.333. The first-order valence-corrected chi connectivity index (χ1v) is 14.6. The lowest BCUT2D eigenvalue weighted by Gasteiger charge is -2.17. The molecule has 6 N–H and O–H groups in total. The largest absolute Gasteiger partial charge is 0.497 e. The van der Waals surface area contributed by atoms with Crippen molar-refractivity contribution in [1.82, 2.24) is 20.2 Å². The summed E-state index contributed by atoms with van der Waals surface area (Å²) in [7, 11) is 1.64. The summed E-state index contributed by atoms with van der Waals surface area (Å²) in [5.74, 6) is 2.40. The number of methoxy groups -OCH3 is 1. The van der Waals surface area contributed by atoms with Crippen molar-refractivity contribution in [2.45, 2.75) is 6.42 Å². The second-order valence-electron chi connectivity index (χ2n) is 10.2. The third kappa shape index (κ3) is 6.71. The molecule has 0 aliphatic heterocycles. The molecule has 0 atom stereocenters. The second-order valence-corrected chi connectivity index (χ2v) is 10.6. The average Bonchev–Trinajstić information content (AvgIpc) is 3.07. The Balaban J connectivity index is 1.23. The fourth-order valence-corrected chi connectivity index (χ4v) is 5.15. The van der Waals surface area contributed by atoms with Gasteiger partial charge in [-0.25, -0.2) is 9.97 Å². The molecule has 0 aliphatic rings. The maximum atomic E-state index is 6.46. The van der Waals surface area contributed by atoms with Crippen LogP contribution in [0.25, 0.3) is 33.8 Å². The van der Waals surface area contributed by atoms with Crippen LogP contribution < -0.4 is 26.8 Å². The van der Waals surface area contributed by atoms with Gasteiger partial charge in [-0.2, -0.15) is 0 Å². The number of para-hydroxylation sites is 1. The minimum Gasteiger partial charge on any atom is -0.497 e. The van der Waals surface area contributed by atoms with Gasteiger partial charge >= 0.3 is 0 Å². The zero-order chi connectivity index (χ0) is 31.2. The van der Waals surface area contributed by atoms with Crippen molar-refractivity contribution in [2.24, 2.45) is 0 Å². The van der Waals surface area contributed by atoms with Gasteiger partial charge in [0.1, 0.15) is 17.4 Å². The van der Waals surface area contributed by atoms with E-state index in [0.717, 1.165) is 44.9 Å². The van der Waals surface area contributed by atoms with E-state index in [1.807, 2.05) is 115 Å². The second kappa shape index (κ2) is 13.2. The summed E-state index contributed by atoms with van der Waals surface area (Å²) in [5.41, 5.74) is 19.7. The van der Waals surface area contributed by atoms with Gasteiger partial charge in [-0.15, -0.1) is 10.2 Å². The molecule has 9 nitrogen and oxygen atoms in total. The van der Waals surface area contributed by atoms with Crippen LogP contribution in [-0.2, 0) is 6.42 Å². The Morgan fingerprint density at radius 3 is 2.00 bits per heavy atom. The SMILES string of the molecule is COc1ccc(Cc2c(N)nc(-c3ccccc3-c3ccccc3NC(=S)Nc3ccc(-c4ccccc4)nn3)nc2N)cc1. The normalized spacial score (nSPS) is 10.7. The molecule has 4 aromatic carbocycles. The van der Waals surface area contributed by atoms with Crippen LogP contribution in [-0.4, -0.2) is 32.4 Å². The smallest absolute Gasteiger partial charge is 0.176 e. The lowest BCUT2D eigenvalue weighted by Crippen LogP contribution is -2.20. The number of ether oxygens (including phenoxy) is 1. The highest BCUT2D eigenvalue weighted by atomic mass is 32.1. The zero-order valence-corrected chi connectivity index (χ0v) is 25.3. The van der Waals surface area contributed by atoms with Crippen LogP contribution in [0.5, 0.6) is 5.75 Å². The molecule has 0 unspecified atom stereocenters. The third-order valence-electron chi connectivity index (χ3n) is 7.22. The van der Waals surface area contributed by atoms with Gasteiger partial charge in [0.05, 0.1) is 12.8 Å². The van der Waals surface area contributed by atoms with Crippen molar-refractivity contribution in [3.63, 3.8) is 0 Å². The number of hydrogen-bond acceptors (Lipinski definition) is 8. The first-order valence-electron chi connectivity index (χ1n) is 14.2. The number of nitrogens with one attached hydrogen (secondary N) is 2. The number of benzene rings is 4. The molecule has 2 aromatic heterocycles. The Labute approximate surface area is 266 Å². The van der Waals surface area contributed by atoms with Crippen LogP contribution in [0.3, 0.4) is 0 Å². The van der Waals surface area contributed by atoms with E-state index in [4.69, 9.17) is 28.4 Å². The van der Waals surface area contributed by atoms with Gasteiger partial charge < -0.3 is 26.8 Å². The summed E-state index contributed by atoms with van der Waals surface area (Å²) < 4.78 is 5.26. The molecule has 0 radical (unpaired) electrons. The Bertz CT molecular complexity index is 1930. The first kappa shape index (κ1) is 29.2. The monoisotopic (exact) mass is 610 g/mol. The minimum atomic E-state index is 0.333. The summed E-state index contributed by atoms with van der Waals surface area (Å²) in [5, 5.41) is 15.4. The lowest BCUT2D eigenvalue weighted by molar-refractivity contribution is 0.414. The topological polar surface area (TPSA) is 137 Å². The first-order chi connectivity index (χ1) is 22.0. The van der Waals surface area contributed by atoms with E-state index in [-0.39, 0.29) is 0 Å². The van der Waals surface area contributed by atoms with Gasteiger partial charge in [-0.05, 0) is 53.7 Å². The molecule has 0 fully saturated rings. The molecule has 6 rings (SSSR count). The summed E-state index contributed by atoms with van der Waals surface area (Å²) in [6, 6.07) is 37.0. The molecule has 222 valence electrons. The number of nitrogens with zero attached hydrogens (tertiary/aromatic N) is 4. The number of rotatable bonds is 8. The molecule has 10 heteroatoms. The third-order valence-corrected chi connectivity index (χ3v) is 7.42. The molecule has 0 spiro atoms. The fourth-order valence-electron chi connectivity index (χ4n) is 4.94. The standard InChI is InChI=1S/C35H30N8OS/c1-44-24-17-15-22(16-18-24)21-28-32(36)40-34(41-33(28)37)27-13-6-5-11-25(27)26-12-7-8-14-30(26)38-35(45)39-31-20-19-29(42-43-31)23-9-3-2-4-10-23/h2-20H,21H2,1H3,(H4,36,37,40,41)(H2,38,39,43,45). The maximum Gasteiger partial charge on any atom is 0.176 e. The average molecular weight is 611 g/mol. The van der Waals surface area contributed by atoms with E-state index in [0.29, 0.717) is 40.4 Å². The number of nitrogen functional groups attached to an aromatic ring is 2. The van der Waals surface area contributed by atoms with Gasteiger partial charge in [-0.1, -0.05) is 84.9 Å². The van der Waals surface area contributed by atoms with Crippen molar-refractivity contribution in [1.29, 1.82) is 0 Å². The zero-order valence-electron chi connectivity index (χ0n) is 24.4. The molecule has 0 aliphatic carbocycles. The van der Waals surface area contributed by atoms with Crippen LogP contribution in [0, 0.1) is 0 Å². The molecule has 45 heavy (non-hydrogen) atoms. The Hall–Kier alpha value is -5.87. The molecule has 0 bridgehead atoms. The van der Waals surface area contributed by atoms with Crippen molar-refractivity contribution >= 4 is 40.5 Å². The van der Waals surface area contributed by atoms with E-state index in [1.165, 1.54) is 0 Å². The molecule has 0 saturated heterocycles. The van der Waals surface area contributed by atoms with Gasteiger partial charge in [-0.3, -0.25) is 0 Å². The summed E-state index contributed by atoms with van der Waals surface area (Å²) >= 11 is 5.64. The highest BCUT2D eigenvalue weighted by Crippen LogP contribution is 2.36. The van der Waals surface area contributed by atoms with Crippen LogP contribution in [0.4, 0.5) is 23.1 Å². The predicted octanol–water partition coefficient (Wildman–Crippen LogP) is 6.84. The quantitative estimate of drug-likeness (QED) is 0.136.